The number of nitrogens with one attached hydrogen (secondary N) is 2. The lowest BCUT2D eigenvalue weighted by Gasteiger charge is -2.49. The average molecular weight is 394 g/mol. The van der Waals surface area contributed by atoms with Crippen molar-refractivity contribution >= 4 is 12.0 Å². The van der Waals surface area contributed by atoms with Crippen LogP contribution in [-0.2, 0) is 4.79 Å². The lowest BCUT2D eigenvalue weighted by Crippen LogP contribution is -2.69. The number of ether oxygens (including phenoxy) is 2. The van der Waals surface area contributed by atoms with E-state index in [1.54, 1.807) is 6.07 Å². The Balaban J connectivity index is 1.85. The van der Waals surface area contributed by atoms with Crippen molar-refractivity contribution in [1.29, 1.82) is 0 Å². The third-order valence-corrected chi connectivity index (χ3v) is 5.49. The van der Waals surface area contributed by atoms with E-state index in [0.29, 0.717) is 24.3 Å². The van der Waals surface area contributed by atoms with Gasteiger partial charge in [-0.25, -0.2) is 4.79 Å². The molecular formula is C23H26N2O4. The average Bonchev–Trinajstić information content (AvgIpc) is 2.58. The van der Waals surface area contributed by atoms with E-state index in [1.165, 1.54) is 6.92 Å². The van der Waals surface area contributed by atoms with Crippen molar-refractivity contribution in [3.8, 4) is 11.5 Å². The summed E-state index contributed by atoms with van der Waals surface area (Å²) >= 11 is 0. The number of benzene rings is 2. The van der Waals surface area contributed by atoms with Crippen molar-refractivity contribution in [2.75, 3.05) is 0 Å². The highest BCUT2D eigenvalue weighted by Gasteiger charge is 2.50. The van der Waals surface area contributed by atoms with Gasteiger partial charge in [-0.1, -0.05) is 30.3 Å². The van der Waals surface area contributed by atoms with Gasteiger partial charge in [0.05, 0.1) is 0 Å². The first-order chi connectivity index (χ1) is 13.7. The molecule has 0 aliphatic carbocycles. The van der Waals surface area contributed by atoms with Crippen LogP contribution in [0.15, 0.2) is 42.5 Å². The summed E-state index contributed by atoms with van der Waals surface area (Å²) in [5.74, 6) is 0.739. The zero-order valence-corrected chi connectivity index (χ0v) is 17.2. The topological polar surface area (TPSA) is 76.7 Å². The normalized spacial score (nSPS) is 24.7. The van der Waals surface area contributed by atoms with Gasteiger partial charge in [0.2, 0.25) is 0 Å². The molecule has 2 atom stereocenters. The molecule has 4 rings (SSSR count). The molecule has 2 aromatic rings. The molecule has 2 aliphatic rings. The first-order valence-corrected chi connectivity index (χ1v) is 9.84. The third-order valence-electron chi connectivity index (χ3n) is 5.49. The number of esters is 1. The Morgan fingerprint density at radius 3 is 2.55 bits per heavy atom. The molecule has 152 valence electrons. The minimum atomic E-state index is -0.847. The molecule has 1 spiro atoms. The second-order valence-corrected chi connectivity index (χ2v) is 8.65. The fraction of sp³-hybridized carbons (Fsp3) is 0.391. The number of carbonyl (C=O) groups excluding carboxylic acids is 2. The number of hydrogen-bond acceptors (Lipinski definition) is 4. The van der Waals surface area contributed by atoms with Gasteiger partial charge in [-0.15, -0.1) is 0 Å². The molecule has 0 bridgehead atoms. The Labute approximate surface area is 170 Å². The second kappa shape index (κ2) is 6.79. The van der Waals surface area contributed by atoms with Crippen LogP contribution in [0.3, 0.4) is 0 Å². The van der Waals surface area contributed by atoms with Crippen molar-refractivity contribution in [2.24, 2.45) is 0 Å². The van der Waals surface area contributed by atoms with Gasteiger partial charge in [0.15, 0.2) is 5.72 Å². The fourth-order valence-electron chi connectivity index (χ4n) is 4.68. The molecule has 6 nitrogen and oxygen atoms in total. The van der Waals surface area contributed by atoms with Crippen molar-refractivity contribution < 1.29 is 19.1 Å². The first kappa shape index (κ1) is 19.3. The summed E-state index contributed by atoms with van der Waals surface area (Å²) in [4.78, 5) is 23.9. The van der Waals surface area contributed by atoms with Crippen LogP contribution in [-0.4, -0.2) is 23.3 Å². The van der Waals surface area contributed by atoms with Crippen molar-refractivity contribution in [2.45, 2.75) is 57.7 Å². The summed E-state index contributed by atoms with van der Waals surface area (Å²) in [5, 5.41) is 5.98. The quantitative estimate of drug-likeness (QED) is 0.596. The molecule has 6 heteroatoms. The second-order valence-electron chi connectivity index (χ2n) is 8.65. The Kier molecular flexibility index (Phi) is 4.52. The SMILES string of the molecule is CC(=O)Oc1cc(C)c2c(c1)O[C@@]1(C[C@H]2c2ccccc2)CC(C)(C)NC(=O)N1. The maximum absolute atomic E-state index is 12.4. The number of hydrogen-bond donors (Lipinski definition) is 2. The van der Waals surface area contributed by atoms with Gasteiger partial charge in [-0.2, -0.15) is 0 Å². The monoisotopic (exact) mass is 394 g/mol. The molecular weight excluding hydrogens is 368 g/mol. The van der Waals surface area contributed by atoms with Gasteiger partial charge in [0.25, 0.3) is 0 Å². The molecule has 0 unspecified atom stereocenters. The van der Waals surface area contributed by atoms with Gasteiger partial charge < -0.3 is 20.1 Å². The van der Waals surface area contributed by atoms with E-state index in [1.807, 2.05) is 45.0 Å². The summed E-state index contributed by atoms with van der Waals surface area (Å²) in [5.41, 5.74) is 1.94. The molecule has 0 saturated carbocycles. The van der Waals surface area contributed by atoms with Crippen molar-refractivity contribution in [1.82, 2.24) is 10.6 Å². The smallest absolute Gasteiger partial charge is 0.318 e. The van der Waals surface area contributed by atoms with Gasteiger partial charge in [-0.3, -0.25) is 4.79 Å². The number of amides is 2. The molecule has 29 heavy (non-hydrogen) atoms. The van der Waals surface area contributed by atoms with Crippen LogP contribution < -0.4 is 20.1 Å². The van der Waals surface area contributed by atoms with Gasteiger partial charge in [0, 0.05) is 42.9 Å². The molecule has 2 amide bonds. The number of rotatable bonds is 2. The standard InChI is InChI=1S/C23H26N2O4/c1-14-10-17(28-15(2)26)11-19-20(14)18(16-8-6-5-7-9-16)12-23(29-19)13-22(3,4)24-21(27)25-23/h5-11,18H,12-13H2,1-4H3,(H2,24,25,27)/t18-,23-/m0/s1. The molecule has 1 fully saturated rings. The predicted octanol–water partition coefficient (Wildman–Crippen LogP) is 4.01. The highest BCUT2D eigenvalue weighted by atomic mass is 16.5. The van der Waals surface area contributed by atoms with Gasteiger partial charge in [-0.05, 0) is 38.0 Å². The summed E-state index contributed by atoms with van der Waals surface area (Å²) in [6.45, 7) is 7.35. The van der Waals surface area contributed by atoms with E-state index < -0.39 is 11.3 Å². The Hall–Kier alpha value is -3.02. The van der Waals surface area contributed by atoms with Crippen molar-refractivity contribution in [3.05, 3.63) is 59.2 Å². The molecule has 0 radical (unpaired) electrons. The van der Waals surface area contributed by atoms with E-state index in [2.05, 4.69) is 22.8 Å². The lowest BCUT2D eigenvalue weighted by atomic mass is 9.76. The van der Waals surface area contributed by atoms with Crippen molar-refractivity contribution in [3.63, 3.8) is 0 Å². The highest BCUT2D eigenvalue weighted by Crippen LogP contribution is 2.49. The minimum absolute atomic E-state index is 0.0422. The first-order valence-electron chi connectivity index (χ1n) is 9.84. The van der Waals surface area contributed by atoms with E-state index in [9.17, 15) is 9.59 Å². The van der Waals surface area contributed by atoms with E-state index in [0.717, 1.165) is 16.7 Å². The maximum atomic E-state index is 12.4. The van der Waals surface area contributed by atoms with Crippen LogP contribution in [0.2, 0.25) is 0 Å². The van der Waals surface area contributed by atoms with Crippen LogP contribution in [0.25, 0.3) is 0 Å². The summed E-state index contributed by atoms with van der Waals surface area (Å²) < 4.78 is 11.8. The summed E-state index contributed by atoms with van der Waals surface area (Å²) in [6, 6.07) is 13.6. The van der Waals surface area contributed by atoms with E-state index >= 15 is 0 Å². The molecule has 1 saturated heterocycles. The Morgan fingerprint density at radius 2 is 1.90 bits per heavy atom. The molecule has 2 N–H and O–H groups in total. The summed E-state index contributed by atoms with van der Waals surface area (Å²) in [7, 11) is 0. The van der Waals surface area contributed by atoms with Crippen LogP contribution >= 0.6 is 0 Å². The Bertz CT molecular complexity index is 970. The summed E-state index contributed by atoms with van der Waals surface area (Å²) in [6.07, 6.45) is 1.22. The highest BCUT2D eigenvalue weighted by molar-refractivity contribution is 5.77. The zero-order chi connectivity index (χ0) is 20.8. The van der Waals surface area contributed by atoms with Crippen LogP contribution in [0, 0.1) is 6.92 Å². The number of aryl methyl sites for hydroxylation is 1. The predicted molar refractivity (Wildman–Crippen MR) is 109 cm³/mol. The van der Waals surface area contributed by atoms with Crippen LogP contribution in [0.1, 0.15) is 56.2 Å². The minimum Gasteiger partial charge on any atom is -0.467 e. The maximum Gasteiger partial charge on any atom is 0.318 e. The van der Waals surface area contributed by atoms with Gasteiger partial charge >= 0.3 is 12.0 Å². The number of carbonyl (C=O) groups is 2. The fourth-order valence-corrected chi connectivity index (χ4v) is 4.68. The van der Waals surface area contributed by atoms with Crippen LogP contribution in [0.5, 0.6) is 11.5 Å². The largest absolute Gasteiger partial charge is 0.467 e. The third kappa shape index (κ3) is 3.79. The van der Waals surface area contributed by atoms with E-state index in [4.69, 9.17) is 9.47 Å². The molecule has 2 aromatic carbocycles. The Morgan fingerprint density at radius 1 is 1.17 bits per heavy atom. The van der Waals surface area contributed by atoms with Crippen LogP contribution in [0.4, 0.5) is 4.79 Å². The zero-order valence-electron chi connectivity index (χ0n) is 17.2. The number of urea groups is 1. The molecule has 2 aliphatic heterocycles. The lowest BCUT2D eigenvalue weighted by molar-refractivity contribution is -0.131. The van der Waals surface area contributed by atoms with E-state index in [-0.39, 0.29) is 17.9 Å². The molecule has 0 aromatic heterocycles. The number of fused-ring (bicyclic) bond motifs is 1. The van der Waals surface area contributed by atoms with Gasteiger partial charge in [0.1, 0.15) is 11.5 Å². The molecule has 2 heterocycles.